The highest BCUT2D eigenvalue weighted by atomic mass is 32.3. The summed E-state index contributed by atoms with van der Waals surface area (Å²) in [6.45, 7) is 9.81. The van der Waals surface area contributed by atoms with Gasteiger partial charge in [0.2, 0.25) is 0 Å². The van der Waals surface area contributed by atoms with E-state index in [0.717, 1.165) is 5.56 Å². The average Bonchev–Trinajstić information content (AvgIpc) is 2.58. The van der Waals surface area contributed by atoms with Crippen LogP contribution in [0.5, 0.6) is 5.75 Å². The van der Waals surface area contributed by atoms with E-state index < -0.39 is 46.4 Å². The molecular weight excluding hydrogens is 507 g/mol. The van der Waals surface area contributed by atoms with E-state index in [1.54, 1.807) is 53.7 Å². The number of carbonyl (C=O) groups is 1. The Morgan fingerprint density at radius 2 is 1.58 bits per heavy atom. The predicted octanol–water partition coefficient (Wildman–Crippen LogP) is 3.07. The summed E-state index contributed by atoms with van der Waals surface area (Å²) in [5.41, 5.74) is 0.524. The minimum absolute atomic E-state index is 0.0332. The summed E-state index contributed by atoms with van der Waals surface area (Å²) in [7, 11) is -14.8. The molecule has 1 rings (SSSR count). The Bertz CT molecular complexity index is 1100. The van der Waals surface area contributed by atoms with Gasteiger partial charge in [0.1, 0.15) is 5.75 Å². The molecule has 0 aliphatic heterocycles. The minimum atomic E-state index is -5.41. The third kappa shape index (κ3) is 8.94. The average molecular weight is 534 g/mol. The highest BCUT2D eigenvalue weighted by Crippen LogP contribution is 2.52. The zero-order valence-corrected chi connectivity index (χ0v) is 21.4. The first kappa shape index (κ1) is 29.5. The van der Waals surface area contributed by atoms with E-state index in [9.17, 15) is 26.2 Å². The van der Waals surface area contributed by atoms with Crippen LogP contribution in [0, 0.1) is 13.8 Å². The molecule has 0 atom stereocenters. The predicted molar refractivity (Wildman–Crippen MR) is 114 cm³/mol. The van der Waals surface area contributed by atoms with Crippen molar-refractivity contribution in [2.24, 2.45) is 0 Å². The molecule has 0 saturated heterocycles. The summed E-state index contributed by atoms with van der Waals surface area (Å²) >= 11 is 0. The third-order valence-corrected chi connectivity index (χ3v) is 7.42. The van der Waals surface area contributed by atoms with Gasteiger partial charge in [0.05, 0.1) is 19.6 Å². The molecule has 33 heavy (non-hydrogen) atoms. The van der Waals surface area contributed by atoms with Crippen LogP contribution in [-0.2, 0) is 56.8 Å². The van der Waals surface area contributed by atoms with Crippen molar-refractivity contribution in [3.8, 4) is 5.75 Å². The lowest BCUT2D eigenvalue weighted by Gasteiger charge is -2.29. The fraction of sp³-hybridized carbons (Fsp3) is 0.588. The Balaban J connectivity index is 3.30. The molecule has 0 spiro atoms. The molecule has 16 heteroatoms. The van der Waals surface area contributed by atoms with Crippen molar-refractivity contribution in [3.63, 3.8) is 0 Å². The molecule has 0 amide bonds. The number of aryl methyl sites for hydroxylation is 2. The molecule has 0 saturated carbocycles. The van der Waals surface area contributed by atoms with E-state index in [0.29, 0.717) is 11.1 Å². The number of phosphoric acid groups is 1. The molecule has 0 bridgehead atoms. The molecule has 0 aliphatic carbocycles. The lowest BCUT2D eigenvalue weighted by molar-refractivity contribution is -0.140. The normalized spacial score (nSPS) is 13.1. The van der Waals surface area contributed by atoms with Gasteiger partial charge in [0, 0.05) is 11.0 Å². The first-order chi connectivity index (χ1) is 15.0. The van der Waals surface area contributed by atoms with Crippen LogP contribution in [0.25, 0.3) is 0 Å². The van der Waals surface area contributed by atoms with Crippen LogP contribution in [0.15, 0.2) is 12.1 Å². The molecule has 1 aromatic rings. The summed E-state index contributed by atoms with van der Waals surface area (Å²) in [5.74, 6) is -1.32. The fourth-order valence-corrected chi connectivity index (χ4v) is 5.63. The minimum Gasteiger partial charge on any atom is -0.404 e. The fourth-order valence-electron chi connectivity index (χ4n) is 3.12. The van der Waals surface area contributed by atoms with Crippen LogP contribution in [0.3, 0.4) is 0 Å². The topological polar surface area (TPSA) is 178 Å². The maximum absolute atomic E-state index is 12.9. The molecule has 0 aromatic heterocycles. The Morgan fingerprint density at radius 3 is 2.06 bits per heavy atom. The van der Waals surface area contributed by atoms with E-state index in [4.69, 9.17) is 18.8 Å². The molecule has 0 aliphatic rings. The third-order valence-electron chi connectivity index (χ3n) is 3.94. The molecule has 0 radical (unpaired) electrons. The van der Waals surface area contributed by atoms with Gasteiger partial charge in [-0.3, -0.25) is 13.8 Å². The number of hydrogen-bond donors (Lipinski definition) is 1. The zero-order valence-electron chi connectivity index (χ0n) is 18.9. The zero-order chi connectivity index (χ0) is 25.7. The first-order valence-electron chi connectivity index (χ1n) is 9.46. The molecule has 1 aromatic carbocycles. The van der Waals surface area contributed by atoms with E-state index in [1.165, 1.54) is 0 Å². The van der Waals surface area contributed by atoms with Crippen molar-refractivity contribution in [2.45, 2.75) is 53.4 Å². The van der Waals surface area contributed by atoms with Crippen molar-refractivity contribution in [1.29, 1.82) is 0 Å². The maximum Gasteiger partial charge on any atom is 0.530 e. The first-order valence-corrected chi connectivity index (χ1v) is 13.6. The smallest absolute Gasteiger partial charge is 0.404 e. The SMILES string of the molecule is CCOP(=O)(OCC)Oc1cc(C)cc(C)c1C(C)(C)CC(=O)OS(=O)(=O)OS(=O)(=O)OO. The Hall–Kier alpha value is -1.58. The Kier molecular flexibility index (Phi) is 10.0. The highest BCUT2D eigenvalue weighted by molar-refractivity contribution is 7.95. The van der Waals surface area contributed by atoms with Crippen molar-refractivity contribution in [1.82, 2.24) is 0 Å². The van der Waals surface area contributed by atoms with Gasteiger partial charge in [0.25, 0.3) is 0 Å². The molecule has 0 fully saturated rings. The standard InChI is InChI=1S/C17H27O13PS2/c1-7-25-31(20,26-8-2)27-14-10-12(3)9-13(4)16(14)17(5,6)11-15(18)28-32(21,22)30-33(23,24)29-19/h9-10,19H,7-8,11H2,1-6H3. The van der Waals surface area contributed by atoms with Crippen LogP contribution in [0.1, 0.15) is 50.8 Å². The van der Waals surface area contributed by atoms with Gasteiger partial charge >= 0.3 is 34.6 Å². The molecule has 13 nitrogen and oxygen atoms in total. The Morgan fingerprint density at radius 1 is 1.03 bits per heavy atom. The van der Waals surface area contributed by atoms with Crippen LogP contribution >= 0.6 is 7.82 Å². The molecule has 190 valence electrons. The lowest BCUT2D eigenvalue weighted by atomic mass is 9.78. The highest BCUT2D eigenvalue weighted by Gasteiger charge is 2.37. The number of hydrogen-bond acceptors (Lipinski definition) is 13. The van der Waals surface area contributed by atoms with Crippen LogP contribution in [0.4, 0.5) is 0 Å². The van der Waals surface area contributed by atoms with Crippen molar-refractivity contribution < 1.29 is 57.2 Å². The molecular formula is C17H27O13PS2. The number of benzene rings is 1. The number of phosphoric ester groups is 1. The second-order valence-electron chi connectivity index (χ2n) is 7.30. The van der Waals surface area contributed by atoms with Crippen LogP contribution in [0.2, 0.25) is 0 Å². The molecule has 1 N–H and O–H groups in total. The van der Waals surface area contributed by atoms with Gasteiger partial charge in [0.15, 0.2) is 0 Å². The number of rotatable bonds is 13. The monoisotopic (exact) mass is 534 g/mol. The second kappa shape index (κ2) is 11.2. The summed E-state index contributed by atoms with van der Waals surface area (Å²) in [6.07, 6.45) is -0.608. The van der Waals surface area contributed by atoms with Crippen LogP contribution in [-0.4, -0.2) is 41.3 Å². The summed E-state index contributed by atoms with van der Waals surface area (Å²) in [5, 5.41) is 8.10. The van der Waals surface area contributed by atoms with E-state index in [2.05, 4.69) is 12.1 Å². The largest absolute Gasteiger partial charge is 0.530 e. The van der Waals surface area contributed by atoms with Crippen molar-refractivity contribution >= 4 is 34.6 Å². The van der Waals surface area contributed by atoms with Gasteiger partial charge in [-0.1, -0.05) is 27.9 Å². The lowest BCUT2D eigenvalue weighted by Crippen LogP contribution is -2.28. The molecule has 0 unspecified atom stereocenters. The van der Waals surface area contributed by atoms with Crippen molar-refractivity contribution in [2.75, 3.05) is 13.2 Å². The van der Waals surface area contributed by atoms with Gasteiger partial charge < -0.3 is 8.71 Å². The van der Waals surface area contributed by atoms with E-state index in [-0.39, 0.29) is 19.0 Å². The van der Waals surface area contributed by atoms with Crippen molar-refractivity contribution in [3.05, 3.63) is 28.8 Å². The quantitative estimate of drug-likeness (QED) is 0.222. The van der Waals surface area contributed by atoms with Gasteiger partial charge in [-0.05, 0) is 44.9 Å². The van der Waals surface area contributed by atoms with Gasteiger partial charge in [-0.2, -0.15) is 16.8 Å². The Labute approximate surface area is 193 Å². The van der Waals surface area contributed by atoms with E-state index in [1.807, 2.05) is 0 Å². The number of carbonyl (C=O) groups excluding carboxylic acids is 1. The van der Waals surface area contributed by atoms with Gasteiger partial charge in [-0.25, -0.2) is 9.82 Å². The summed E-state index contributed by atoms with van der Waals surface area (Å²) < 4.78 is 84.4. The summed E-state index contributed by atoms with van der Waals surface area (Å²) in [4.78, 5) is 12.3. The van der Waals surface area contributed by atoms with Gasteiger partial charge in [-0.15, -0.1) is 0 Å². The maximum atomic E-state index is 12.9. The van der Waals surface area contributed by atoms with Crippen LogP contribution < -0.4 is 4.52 Å². The van der Waals surface area contributed by atoms with E-state index >= 15 is 0 Å². The summed E-state index contributed by atoms with van der Waals surface area (Å²) in [6, 6.07) is 3.30. The molecule has 0 heterocycles. The second-order valence-corrected chi connectivity index (χ2v) is 11.4.